The third-order valence-electron chi connectivity index (χ3n) is 3.60. The molecule has 1 aromatic carbocycles. The van der Waals surface area contributed by atoms with Crippen molar-refractivity contribution in [3.05, 3.63) is 58.9 Å². The van der Waals surface area contributed by atoms with Gasteiger partial charge in [0.05, 0.1) is 6.54 Å². The molecule has 0 fully saturated rings. The molecule has 0 aliphatic heterocycles. The quantitative estimate of drug-likeness (QED) is 0.797. The van der Waals surface area contributed by atoms with Crippen molar-refractivity contribution in [1.82, 2.24) is 9.88 Å². The van der Waals surface area contributed by atoms with Gasteiger partial charge in [-0.3, -0.25) is 14.7 Å². The van der Waals surface area contributed by atoms with Crippen LogP contribution >= 0.6 is 11.6 Å². The van der Waals surface area contributed by atoms with Crippen LogP contribution in [-0.2, 0) is 17.9 Å². The van der Waals surface area contributed by atoms with Crippen molar-refractivity contribution in [2.24, 2.45) is 5.73 Å². The summed E-state index contributed by atoms with van der Waals surface area (Å²) in [4.78, 5) is 17.3. The number of hydrogen-bond donors (Lipinski definition) is 1. The number of primary amides is 1. The second kappa shape index (κ2) is 8.66. The van der Waals surface area contributed by atoms with Crippen molar-refractivity contribution in [2.45, 2.75) is 33.0 Å². The number of rotatable bonds is 8. The average molecular weight is 348 g/mol. The molecule has 1 heterocycles. The summed E-state index contributed by atoms with van der Waals surface area (Å²) < 4.78 is 5.92. The van der Waals surface area contributed by atoms with E-state index in [0.717, 1.165) is 16.9 Å². The van der Waals surface area contributed by atoms with Gasteiger partial charge in [-0.1, -0.05) is 17.7 Å². The van der Waals surface area contributed by atoms with Crippen LogP contribution in [0.1, 0.15) is 25.0 Å². The smallest absolute Gasteiger partial charge is 0.231 e. The molecule has 0 spiro atoms. The second-order valence-corrected chi connectivity index (χ2v) is 6.30. The molecular weight excluding hydrogens is 326 g/mol. The molecule has 0 saturated carbocycles. The molecular formula is C18H22ClN3O2. The fraction of sp³-hybridized carbons (Fsp3) is 0.333. The van der Waals surface area contributed by atoms with Crippen LogP contribution in [0, 0.1) is 0 Å². The van der Waals surface area contributed by atoms with Crippen molar-refractivity contribution in [1.29, 1.82) is 0 Å². The number of nitrogens with two attached hydrogens (primary N) is 1. The predicted molar refractivity (Wildman–Crippen MR) is 94.8 cm³/mol. The van der Waals surface area contributed by atoms with Gasteiger partial charge >= 0.3 is 0 Å². The Bertz CT molecular complexity index is 677. The molecule has 2 N–H and O–H groups in total. The van der Waals surface area contributed by atoms with E-state index in [9.17, 15) is 4.79 Å². The lowest BCUT2D eigenvalue weighted by atomic mass is 10.1. The first-order valence-corrected chi connectivity index (χ1v) is 8.16. The van der Waals surface area contributed by atoms with Gasteiger partial charge in [-0.05, 0) is 38.1 Å². The molecule has 0 aliphatic rings. The summed E-state index contributed by atoms with van der Waals surface area (Å²) in [5.41, 5.74) is 7.24. The summed E-state index contributed by atoms with van der Waals surface area (Å²) in [6.45, 7) is 5.17. The Morgan fingerprint density at radius 1 is 1.38 bits per heavy atom. The first-order valence-electron chi connectivity index (χ1n) is 7.78. The molecule has 6 heteroatoms. The summed E-state index contributed by atoms with van der Waals surface area (Å²) >= 11 is 6.13. The number of benzene rings is 1. The van der Waals surface area contributed by atoms with Gasteiger partial charge in [0.15, 0.2) is 0 Å². The fourth-order valence-corrected chi connectivity index (χ4v) is 2.49. The molecule has 0 atom stereocenters. The Labute approximate surface area is 147 Å². The predicted octanol–water partition coefficient (Wildman–Crippen LogP) is 3.01. The van der Waals surface area contributed by atoms with E-state index < -0.39 is 0 Å². The second-order valence-electron chi connectivity index (χ2n) is 5.87. The Balaban J connectivity index is 2.15. The molecule has 24 heavy (non-hydrogen) atoms. The minimum absolute atomic E-state index is 0.169. The van der Waals surface area contributed by atoms with Crippen molar-refractivity contribution < 1.29 is 9.53 Å². The monoisotopic (exact) mass is 347 g/mol. The highest BCUT2D eigenvalue weighted by Gasteiger charge is 2.16. The van der Waals surface area contributed by atoms with Crippen molar-refractivity contribution in [2.75, 3.05) is 6.54 Å². The van der Waals surface area contributed by atoms with Crippen LogP contribution in [0.4, 0.5) is 0 Å². The number of halogens is 1. The van der Waals surface area contributed by atoms with Crippen molar-refractivity contribution in [3.8, 4) is 5.75 Å². The maximum atomic E-state index is 11.3. The third-order valence-corrected chi connectivity index (χ3v) is 3.84. The first-order chi connectivity index (χ1) is 11.5. The van der Waals surface area contributed by atoms with Gasteiger partial charge in [-0.2, -0.15) is 0 Å². The number of amides is 1. The SMILES string of the molecule is CC(C)N(CC(N)=O)Cc1cc(Cl)ccc1OCc1cccnc1. The number of carbonyl (C=O) groups is 1. The fourth-order valence-electron chi connectivity index (χ4n) is 2.30. The van der Waals surface area contributed by atoms with Gasteiger partial charge in [0, 0.05) is 41.1 Å². The zero-order valence-corrected chi connectivity index (χ0v) is 14.7. The number of ether oxygens (including phenoxy) is 1. The molecule has 0 bridgehead atoms. The molecule has 128 valence electrons. The number of hydrogen-bond acceptors (Lipinski definition) is 4. The number of pyridine rings is 1. The van der Waals surface area contributed by atoms with E-state index in [4.69, 9.17) is 22.1 Å². The van der Waals surface area contributed by atoms with Crippen molar-refractivity contribution >= 4 is 17.5 Å². The Kier molecular flexibility index (Phi) is 6.58. The highest BCUT2D eigenvalue weighted by molar-refractivity contribution is 6.30. The van der Waals surface area contributed by atoms with E-state index >= 15 is 0 Å². The maximum absolute atomic E-state index is 11.3. The number of carbonyl (C=O) groups excluding carboxylic acids is 1. The van der Waals surface area contributed by atoms with Gasteiger partial charge in [0.25, 0.3) is 0 Å². The van der Waals surface area contributed by atoms with Crippen LogP contribution in [-0.4, -0.2) is 28.4 Å². The maximum Gasteiger partial charge on any atom is 0.231 e. The third kappa shape index (κ3) is 5.51. The lowest BCUT2D eigenvalue weighted by Gasteiger charge is -2.26. The van der Waals surface area contributed by atoms with Crippen LogP contribution in [0.15, 0.2) is 42.7 Å². The van der Waals surface area contributed by atoms with Gasteiger partial charge < -0.3 is 10.5 Å². The normalized spacial score (nSPS) is 11.0. The van der Waals surface area contributed by atoms with Crippen molar-refractivity contribution in [3.63, 3.8) is 0 Å². The summed E-state index contributed by atoms with van der Waals surface area (Å²) in [5.74, 6) is 0.377. The van der Waals surface area contributed by atoms with Crippen LogP contribution in [0.2, 0.25) is 5.02 Å². The summed E-state index contributed by atoms with van der Waals surface area (Å²) in [6, 6.07) is 9.48. The summed E-state index contributed by atoms with van der Waals surface area (Å²) in [6.07, 6.45) is 3.49. The molecule has 0 radical (unpaired) electrons. The van der Waals surface area contributed by atoms with Gasteiger partial charge in [0.2, 0.25) is 5.91 Å². The minimum Gasteiger partial charge on any atom is -0.489 e. The Hall–Kier alpha value is -2.11. The van der Waals surface area contributed by atoms with Gasteiger partial charge in [-0.15, -0.1) is 0 Å². The molecule has 1 amide bonds. The molecule has 0 aliphatic carbocycles. The minimum atomic E-state index is -0.358. The van der Waals surface area contributed by atoms with Gasteiger partial charge in [-0.25, -0.2) is 0 Å². The van der Waals surface area contributed by atoms with E-state index in [1.165, 1.54) is 0 Å². The van der Waals surface area contributed by atoms with E-state index in [0.29, 0.717) is 18.2 Å². The Morgan fingerprint density at radius 3 is 2.79 bits per heavy atom. The topological polar surface area (TPSA) is 68.5 Å². The highest BCUT2D eigenvalue weighted by atomic mass is 35.5. The number of nitrogens with zero attached hydrogens (tertiary/aromatic N) is 2. The van der Waals surface area contributed by atoms with E-state index in [1.54, 1.807) is 18.5 Å². The van der Waals surface area contributed by atoms with E-state index in [2.05, 4.69) is 4.98 Å². The average Bonchev–Trinajstić information content (AvgIpc) is 2.54. The molecule has 5 nitrogen and oxygen atoms in total. The lowest BCUT2D eigenvalue weighted by Crippen LogP contribution is -2.38. The summed E-state index contributed by atoms with van der Waals surface area (Å²) in [5, 5.41) is 0.626. The summed E-state index contributed by atoms with van der Waals surface area (Å²) in [7, 11) is 0. The van der Waals surface area contributed by atoms with Crippen LogP contribution < -0.4 is 10.5 Å². The zero-order valence-electron chi connectivity index (χ0n) is 13.9. The number of aromatic nitrogens is 1. The molecule has 2 aromatic rings. The zero-order chi connectivity index (χ0) is 17.5. The highest BCUT2D eigenvalue weighted by Crippen LogP contribution is 2.25. The lowest BCUT2D eigenvalue weighted by molar-refractivity contribution is -0.119. The van der Waals surface area contributed by atoms with E-state index in [1.807, 2.05) is 43.0 Å². The van der Waals surface area contributed by atoms with Crippen LogP contribution in [0.3, 0.4) is 0 Å². The Morgan fingerprint density at radius 2 is 2.17 bits per heavy atom. The molecule has 0 saturated heterocycles. The molecule has 1 aromatic heterocycles. The van der Waals surface area contributed by atoms with Gasteiger partial charge in [0.1, 0.15) is 12.4 Å². The first kappa shape index (κ1) is 18.2. The standard InChI is InChI=1S/C18H22ClN3O2/c1-13(2)22(11-18(20)23)10-15-8-16(19)5-6-17(15)24-12-14-4-3-7-21-9-14/h3-9,13H,10-12H2,1-2H3,(H2,20,23). The van der Waals surface area contributed by atoms with Crippen LogP contribution in [0.25, 0.3) is 0 Å². The van der Waals surface area contributed by atoms with E-state index in [-0.39, 0.29) is 18.5 Å². The molecule has 2 rings (SSSR count). The van der Waals surface area contributed by atoms with Crippen LogP contribution in [0.5, 0.6) is 5.75 Å². The largest absolute Gasteiger partial charge is 0.489 e. The molecule has 0 unspecified atom stereocenters.